The molecule has 0 spiro atoms. The topological polar surface area (TPSA) is 133 Å². The molecule has 0 saturated heterocycles. The lowest BCUT2D eigenvalue weighted by molar-refractivity contribution is -0.192. The first-order valence-electron chi connectivity index (χ1n) is 9.36. The lowest BCUT2D eigenvalue weighted by Crippen LogP contribution is -2.50. The maximum absolute atomic E-state index is 12.4. The van der Waals surface area contributed by atoms with Crippen molar-refractivity contribution < 1.29 is 42.6 Å². The second kappa shape index (κ2) is 15.7. The monoisotopic (exact) mass is 532 g/mol. The third-order valence-electron chi connectivity index (χ3n) is 3.56. The highest BCUT2D eigenvalue weighted by molar-refractivity contribution is 8.76. The number of carbonyl (C=O) groups is 4. The maximum Gasteiger partial charge on any atom is 0.490 e. The van der Waals surface area contributed by atoms with E-state index in [0.717, 1.165) is 0 Å². The quantitative estimate of drug-likeness (QED) is 0.250. The van der Waals surface area contributed by atoms with Crippen molar-refractivity contribution in [2.24, 2.45) is 5.92 Å². The van der Waals surface area contributed by atoms with Crippen LogP contribution in [0.5, 0.6) is 0 Å². The number of halogens is 4. The SMILES string of the molecule is CC(C)C(NC(=O)c1ccccc1Cl)C(=O)NCCSSCCC(=O)O.O=C(O)C(F)(F)F. The van der Waals surface area contributed by atoms with Crippen molar-refractivity contribution in [1.29, 1.82) is 0 Å². The summed E-state index contributed by atoms with van der Waals surface area (Å²) in [6.07, 6.45) is -4.96. The number of benzene rings is 1. The van der Waals surface area contributed by atoms with Gasteiger partial charge >= 0.3 is 18.1 Å². The molecule has 0 aromatic heterocycles. The molecule has 0 fully saturated rings. The number of nitrogens with one attached hydrogen (secondary N) is 2. The van der Waals surface area contributed by atoms with Crippen LogP contribution < -0.4 is 10.6 Å². The van der Waals surface area contributed by atoms with E-state index in [1.54, 1.807) is 24.3 Å². The largest absolute Gasteiger partial charge is 0.490 e. The standard InChI is InChI=1S/C17H23ClN2O4S2.C2HF3O2/c1-11(2)15(20-16(23)12-5-3-4-6-13(12)18)17(24)19-8-10-26-25-9-7-14(21)22;3-2(4,5)1(6)7/h3-6,11,15H,7-10H2,1-2H3,(H,19,24)(H,20,23)(H,21,22);(H,6,7). The van der Waals surface area contributed by atoms with Gasteiger partial charge in [0.05, 0.1) is 17.0 Å². The van der Waals surface area contributed by atoms with E-state index in [9.17, 15) is 27.6 Å². The number of alkyl halides is 3. The molecule has 1 unspecified atom stereocenters. The van der Waals surface area contributed by atoms with Crippen LogP contribution in [0, 0.1) is 5.92 Å². The zero-order valence-electron chi connectivity index (χ0n) is 17.6. The number of amides is 2. The van der Waals surface area contributed by atoms with E-state index in [0.29, 0.717) is 28.6 Å². The normalized spacial score (nSPS) is 11.7. The van der Waals surface area contributed by atoms with Crippen molar-refractivity contribution in [2.45, 2.75) is 32.5 Å². The van der Waals surface area contributed by atoms with E-state index in [4.69, 9.17) is 26.6 Å². The molecule has 0 bridgehead atoms. The third-order valence-corrected chi connectivity index (χ3v) is 6.30. The van der Waals surface area contributed by atoms with Crippen LogP contribution in [0.4, 0.5) is 13.2 Å². The van der Waals surface area contributed by atoms with Crippen molar-refractivity contribution >= 4 is 56.9 Å². The molecular formula is C19H24ClF3N2O6S2. The van der Waals surface area contributed by atoms with Gasteiger partial charge in [-0.2, -0.15) is 13.2 Å². The fourth-order valence-electron chi connectivity index (χ4n) is 1.97. The molecule has 1 aromatic rings. The summed E-state index contributed by atoms with van der Waals surface area (Å²) in [7, 11) is 2.96. The van der Waals surface area contributed by atoms with Gasteiger partial charge in [-0.25, -0.2) is 4.79 Å². The minimum atomic E-state index is -5.08. The predicted octanol–water partition coefficient (Wildman–Crippen LogP) is 3.70. The molecule has 1 atom stereocenters. The van der Waals surface area contributed by atoms with Gasteiger partial charge < -0.3 is 20.8 Å². The van der Waals surface area contributed by atoms with Crippen LogP contribution in [-0.4, -0.2) is 64.2 Å². The summed E-state index contributed by atoms with van der Waals surface area (Å²) in [4.78, 5) is 44.0. The van der Waals surface area contributed by atoms with Gasteiger partial charge in [0, 0.05) is 18.1 Å². The van der Waals surface area contributed by atoms with Gasteiger partial charge in [-0.15, -0.1) is 0 Å². The Kier molecular flexibility index (Phi) is 14.7. The van der Waals surface area contributed by atoms with E-state index < -0.39 is 24.2 Å². The van der Waals surface area contributed by atoms with Gasteiger partial charge in [0.15, 0.2) is 0 Å². The zero-order valence-corrected chi connectivity index (χ0v) is 20.0. The van der Waals surface area contributed by atoms with Crippen LogP contribution >= 0.6 is 33.2 Å². The van der Waals surface area contributed by atoms with Gasteiger partial charge in [-0.3, -0.25) is 14.4 Å². The van der Waals surface area contributed by atoms with E-state index in [2.05, 4.69) is 10.6 Å². The number of hydrogen-bond donors (Lipinski definition) is 4. The lowest BCUT2D eigenvalue weighted by Gasteiger charge is -2.22. The van der Waals surface area contributed by atoms with Gasteiger partial charge in [0.25, 0.3) is 5.91 Å². The molecule has 1 aromatic carbocycles. The van der Waals surface area contributed by atoms with Crippen molar-refractivity contribution in [3.05, 3.63) is 34.9 Å². The molecule has 0 heterocycles. The molecule has 8 nitrogen and oxygen atoms in total. The zero-order chi connectivity index (χ0) is 25.6. The Balaban J connectivity index is 0.00000126. The van der Waals surface area contributed by atoms with Crippen molar-refractivity contribution in [3.8, 4) is 0 Å². The first-order valence-corrected chi connectivity index (χ1v) is 12.2. The molecule has 0 aliphatic carbocycles. The molecule has 4 N–H and O–H groups in total. The molecule has 0 radical (unpaired) electrons. The Labute approximate surface area is 201 Å². The van der Waals surface area contributed by atoms with Gasteiger partial charge in [-0.05, 0) is 18.1 Å². The lowest BCUT2D eigenvalue weighted by atomic mass is 10.0. The number of aliphatic carboxylic acids is 2. The van der Waals surface area contributed by atoms with E-state index in [1.807, 2.05) is 13.8 Å². The smallest absolute Gasteiger partial charge is 0.481 e. The third kappa shape index (κ3) is 13.9. The number of rotatable bonds is 11. The van der Waals surface area contributed by atoms with Crippen LogP contribution in [0.15, 0.2) is 24.3 Å². The number of carboxylic acid groups (broad SMARTS) is 2. The fraction of sp³-hybridized carbons (Fsp3) is 0.474. The predicted molar refractivity (Wildman–Crippen MR) is 121 cm³/mol. The van der Waals surface area contributed by atoms with Gasteiger partial charge in [0.2, 0.25) is 5.91 Å². The molecule has 0 aliphatic rings. The minimum absolute atomic E-state index is 0.0842. The summed E-state index contributed by atoms with van der Waals surface area (Å²) in [6, 6.07) is 6.02. The van der Waals surface area contributed by atoms with Crippen molar-refractivity contribution in [3.63, 3.8) is 0 Å². The van der Waals surface area contributed by atoms with Crippen LogP contribution in [0.1, 0.15) is 30.6 Å². The Morgan fingerprint density at radius 3 is 2.09 bits per heavy atom. The molecular weight excluding hydrogens is 509 g/mol. The molecule has 0 aliphatic heterocycles. The highest BCUT2D eigenvalue weighted by Crippen LogP contribution is 2.21. The summed E-state index contributed by atoms with van der Waals surface area (Å²) < 4.78 is 31.7. The van der Waals surface area contributed by atoms with E-state index in [1.165, 1.54) is 21.6 Å². The number of hydrogen-bond acceptors (Lipinski definition) is 6. The Bertz CT molecular complexity index is 812. The molecule has 1 rings (SSSR count). The average Bonchev–Trinajstić information content (AvgIpc) is 2.70. The van der Waals surface area contributed by atoms with Crippen molar-refractivity contribution in [1.82, 2.24) is 10.6 Å². The molecule has 186 valence electrons. The summed E-state index contributed by atoms with van der Waals surface area (Å²) in [6.45, 7) is 4.15. The van der Waals surface area contributed by atoms with E-state index >= 15 is 0 Å². The van der Waals surface area contributed by atoms with Crippen LogP contribution in [0.2, 0.25) is 5.02 Å². The highest BCUT2D eigenvalue weighted by Gasteiger charge is 2.38. The Morgan fingerprint density at radius 2 is 1.61 bits per heavy atom. The Morgan fingerprint density at radius 1 is 1.06 bits per heavy atom. The molecule has 0 saturated carbocycles. The summed E-state index contributed by atoms with van der Waals surface area (Å²) in [5, 5.41) is 21.5. The summed E-state index contributed by atoms with van der Waals surface area (Å²) in [5.41, 5.74) is 0.331. The second-order valence-corrected chi connectivity index (χ2v) is 9.67. The number of carbonyl (C=O) groups excluding carboxylic acids is 2. The highest BCUT2D eigenvalue weighted by atomic mass is 35.5. The number of carboxylic acids is 2. The van der Waals surface area contributed by atoms with Crippen LogP contribution in [0.3, 0.4) is 0 Å². The van der Waals surface area contributed by atoms with Crippen LogP contribution in [-0.2, 0) is 14.4 Å². The van der Waals surface area contributed by atoms with Crippen molar-refractivity contribution in [2.75, 3.05) is 18.1 Å². The molecule has 33 heavy (non-hydrogen) atoms. The van der Waals surface area contributed by atoms with Crippen LogP contribution in [0.25, 0.3) is 0 Å². The molecule has 2 amide bonds. The first-order chi connectivity index (χ1) is 15.3. The fourth-order valence-corrected chi connectivity index (χ4v) is 4.08. The average molecular weight is 533 g/mol. The Hall–Kier alpha value is -2.12. The van der Waals surface area contributed by atoms with Gasteiger partial charge in [-0.1, -0.05) is 59.2 Å². The van der Waals surface area contributed by atoms with Gasteiger partial charge in [0.1, 0.15) is 6.04 Å². The second-order valence-electron chi connectivity index (χ2n) is 6.56. The van der Waals surface area contributed by atoms with E-state index in [-0.39, 0.29) is 24.2 Å². The molecule has 14 heteroatoms. The summed E-state index contributed by atoms with van der Waals surface area (Å²) >= 11 is 6.02. The summed E-state index contributed by atoms with van der Waals surface area (Å²) in [5.74, 6) is -3.12. The first kappa shape index (κ1) is 30.9. The minimum Gasteiger partial charge on any atom is -0.481 e. The maximum atomic E-state index is 12.4.